The molecule has 5 nitrogen and oxygen atoms in total. The zero-order chi connectivity index (χ0) is 19.9. The largest absolute Gasteiger partial charge is 0.489 e. The van der Waals surface area contributed by atoms with E-state index in [0.717, 1.165) is 22.4 Å². The number of hydrogen-bond acceptors (Lipinski definition) is 3. The molecule has 0 aromatic heterocycles. The van der Waals surface area contributed by atoms with E-state index in [-0.39, 0.29) is 12.3 Å². The fourth-order valence-electron chi connectivity index (χ4n) is 2.64. The summed E-state index contributed by atoms with van der Waals surface area (Å²) in [4.78, 5) is 23.0. The number of nitrogens with one attached hydrogen (secondary N) is 1. The van der Waals surface area contributed by atoms with Crippen LogP contribution < -0.4 is 10.1 Å². The quantitative estimate of drug-likeness (QED) is 0.640. The summed E-state index contributed by atoms with van der Waals surface area (Å²) in [6.45, 7) is 2.36. The van der Waals surface area contributed by atoms with Crippen LogP contribution in [0.4, 0.5) is 5.69 Å². The van der Waals surface area contributed by atoms with E-state index in [2.05, 4.69) is 5.32 Å². The van der Waals surface area contributed by atoms with Gasteiger partial charge in [-0.15, -0.1) is 0 Å². The van der Waals surface area contributed by atoms with Gasteiger partial charge in [-0.1, -0.05) is 42.0 Å². The molecule has 0 fully saturated rings. The average molecular weight is 375 g/mol. The second-order valence-electron chi connectivity index (χ2n) is 6.52. The fraction of sp³-hybridized carbons (Fsp3) is 0.130. The Kier molecular flexibility index (Phi) is 6.07. The lowest BCUT2D eigenvalue weighted by molar-refractivity contribution is -0.136. The molecule has 28 heavy (non-hydrogen) atoms. The van der Waals surface area contributed by atoms with Gasteiger partial charge in [0.1, 0.15) is 12.4 Å². The van der Waals surface area contributed by atoms with E-state index in [4.69, 9.17) is 9.84 Å². The van der Waals surface area contributed by atoms with E-state index in [0.29, 0.717) is 17.9 Å². The van der Waals surface area contributed by atoms with Crippen LogP contribution >= 0.6 is 0 Å². The Morgan fingerprint density at radius 1 is 0.857 bits per heavy atom. The minimum absolute atomic E-state index is 0.00719. The maximum absolute atomic E-state index is 12.3. The highest BCUT2D eigenvalue weighted by Crippen LogP contribution is 2.16. The Labute approximate surface area is 163 Å². The molecule has 0 unspecified atom stereocenters. The van der Waals surface area contributed by atoms with Crippen molar-refractivity contribution in [3.8, 4) is 5.75 Å². The van der Waals surface area contributed by atoms with Crippen molar-refractivity contribution in [3.05, 3.63) is 95.1 Å². The van der Waals surface area contributed by atoms with Gasteiger partial charge in [0.15, 0.2) is 0 Å². The van der Waals surface area contributed by atoms with E-state index in [1.165, 1.54) is 0 Å². The van der Waals surface area contributed by atoms with Crippen LogP contribution in [0.25, 0.3) is 0 Å². The lowest BCUT2D eigenvalue weighted by Gasteiger charge is -2.09. The predicted molar refractivity (Wildman–Crippen MR) is 108 cm³/mol. The highest BCUT2D eigenvalue weighted by Gasteiger charge is 2.07. The monoisotopic (exact) mass is 375 g/mol. The Morgan fingerprint density at radius 2 is 1.46 bits per heavy atom. The topological polar surface area (TPSA) is 75.6 Å². The van der Waals surface area contributed by atoms with E-state index in [1.54, 1.807) is 36.4 Å². The predicted octanol–water partition coefficient (Wildman–Crippen LogP) is 4.45. The zero-order valence-corrected chi connectivity index (χ0v) is 15.5. The first-order valence-electron chi connectivity index (χ1n) is 8.90. The van der Waals surface area contributed by atoms with Gasteiger partial charge in [-0.3, -0.25) is 9.59 Å². The number of aryl methyl sites for hydroxylation is 1. The molecule has 0 heterocycles. The second kappa shape index (κ2) is 8.86. The first kappa shape index (κ1) is 19.2. The normalized spacial score (nSPS) is 10.3. The van der Waals surface area contributed by atoms with Gasteiger partial charge in [-0.05, 0) is 54.4 Å². The molecular formula is C23H21NO4. The second-order valence-corrected chi connectivity index (χ2v) is 6.52. The van der Waals surface area contributed by atoms with Crippen molar-refractivity contribution in [2.45, 2.75) is 20.0 Å². The van der Waals surface area contributed by atoms with Crippen molar-refractivity contribution in [3.63, 3.8) is 0 Å². The minimum Gasteiger partial charge on any atom is -0.489 e. The Bertz CT molecular complexity index is 945. The molecule has 0 radical (unpaired) electrons. The summed E-state index contributed by atoms with van der Waals surface area (Å²) in [6, 6.07) is 21.8. The molecule has 0 aliphatic carbocycles. The minimum atomic E-state index is -0.851. The fourth-order valence-corrected chi connectivity index (χ4v) is 2.64. The molecule has 1 amide bonds. The van der Waals surface area contributed by atoms with Crippen LogP contribution in [0.2, 0.25) is 0 Å². The van der Waals surface area contributed by atoms with Crippen molar-refractivity contribution >= 4 is 17.6 Å². The van der Waals surface area contributed by atoms with Gasteiger partial charge >= 0.3 is 5.97 Å². The van der Waals surface area contributed by atoms with Gasteiger partial charge < -0.3 is 15.2 Å². The number of amides is 1. The molecule has 3 aromatic rings. The summed E-state index contributed by atoms with van der Waals surface area (Å²) >= 11 is 0. The number of anilines is 1. The highest BCUT2D eigenvalue weighted by molar-refractivity contribution is 6.04. The van der Waals surface area contributed by atoms with Crippen LogP contribution in [0.1, 0.15) is 27.0 Å². The number of benzene rings is 3. The van der Waals surface area contributed by atoms with Gasteiger partial charge in [0.05, 0.1) is 6.42 Å². The van der Waals surface area contributed by atoms with Crippen LogP contribution in [-0.4, -0.2) is 17.0 Å². The Balaban J connectivity index is 1.54. The first-order chi connectivity index (χ1) is 13.5. The van der Waals surface area contributed by atoms with Crippen molar-refractivity contribution in [2.75, 3.05) is 5.32 Å². The SMILES string of the molecule is Cc1ccc(NC(=O)c2ccc(OCc3ccc(CC(=O)O)cc3)cc2)cc1. The molecular weight excluding hydrogens is 354 g/mol. The van der Waals surface area contributed by atoms with Crippen LogP contribution in [0, 0.1) is 6.92 Å². The molecule has 5 heteroatoms. The van der Waals surface area contributed by atoms with Crippen molar-refractivity contribution in [1.29, 1.82) is 0 Å². The molecule has 0 bridgehead atoms. The number of carbonyl (C=O) groups excluding carboxylic acids is 1. The van der Waals surface area contributed by atoms with Crippen molar-refractivity contribution in [2.24, 2.45) is 0 Å². The molecule has 0 saturated carbocycles. The lowest BCUT2D eigenvalue weighted by Crippen LogP contribution is -2.11. The summed E-state index contributed by atoms with van der Waals surface area (Å²) in [5, 5.41) is 11.6. The van der Waals surface area contributed by atoms with E-state index >= 15 is 0 Å². The molecule has 0 atom stereocenters. The summed E-state index contributed by atoms with van der Waals surface area (Å²) in [6.07, 6.45) is 0.00719. The maximum atomic E-state index is 12.3. The van der Waals surface area contributed by atoms with E-state index in [1.807, 2.05) is 43.3 Å². The third-order valence-corrected chi connectivity index (χ3v) is 4.21. The number of carboxylic acids is 1. The molecule has 142 valence electrons. The summed E-state index contributed by atoms with van der Waals surface area (Å²) < 4.78 is 5.73. The Hall–Kier alpha value is -3.60. The van der Waals surface area contributed by atoms with Crippen LogP contribution in [0.5, 0.6) is 5.75 Å². The number of hydrogen-bond donors (Lipinski definition) is 2. The van der Waals surface area contributed by atoms with Gasteiger partial charge in [0.2, 0.25) is 0 Å². The third kappa shape index (κ3) is 5.45. The van der Waals surface area contributed by atoms with E-state index in [9.17, 15) is 9.59 Å². The highest BCUT2D eigenvalue weighted by atomic mass is 16.5. The summed E-state index contributed by atoms with van der Waals surface area (Å²) in [5.41, 5.74) is 4.12. The summed E-state index contributed by atoms with van der Waals surface area (Å²) in [5.74, 6) is -0.374. The maximum Gasteiger partial charge on any atom is 0.307 e. The van der Waals surface area contributed by atoms with Gasteiger partial charge in [0, 0.05) is 11.3 Å². The van der Waals surface area contributed by atoms with Crippen LogP contribution in [0.15, 0.2) is 72.8 Å². The van der Waals surface area contributed by atoms with Gasteiger partial charge in [0.25, 0.3) is 5.91 Å². The van der Waals surface area contributed by atoms with Gasteiger partial charge in [-0.25, -0.2) is 0 Å². The molecule has 0 spiro atoms. The van der Waals surface area contributed by atoms with Gasteiger partial charge in [-0.2, -0.15) is 0 Å². The lowest BCUT2D eigenvalue weighted by atomic mass is 10.1. The molecule has 2 N–H and O–H groups in total. The first-order valence-corrected chi connectivity index (χ1v) is 8.90. The van der Waals surface area contributed by atoms with Crippen molar-refractivity contribution < 1.29 is 19.4 Å². The number of aliphatic carboxylic acids is 1. The molecule has 0 aliphatic heterocycles. The average Bonchev–Trinajstić information content (AvgIpc) is 2.69. The Morgan fingerprint density at radius 3 is 2.07 bits per heavy atom. The standard InChI is InChI=1S/C23H21NO4/c1-16-2-10-20(11-3-16)24-23(27)19-8-12-21(13-9-19)28-15-18-6-4-17(5-7-18)14-22(25)26/h2-13H,14-15H2,1H3,(H,24,27)(H,25,26). The van der Waals surface area contributed by atoms with Crippen LogP contribution in [0.3, 0.4) is 0 Å². The molecule has 3 rings (SSSR count). The number of ether oxygens (including phenoxy) is 1. The molecule has 3 aromatic carbocycles. The number of carboxylic acid groups (broad SMARTS) is 1. The third-order valence-electron chi connectivity index (χ3n) is 4.21. The zero-order valence-electron chi connectivity index (χ0n) is 15.5. The van der Waals surface area contributed by atoms with Crippen molar-refractivity contribution in [1.82, 2.24) is 0 Å². The molecule has 0 saturated heterocycles. The number of carbonyl (C=O) groups is 2. The summed E-state index contributed by atoms with van der Waals surface area (Å²) in [7, 11) is 0. The van der Waals surface area contributed by atoms with E-state index < -0.39 is 5.97 Å². The number of rotatable bonds is 7. The smallest absolute Gasteiger partial charge is 0.307 e. The molecule has 0 aliphatic rings. The van der Waals surface area contributed by atoms with Crippen LogP contribution in [-0.2, 0) is 17.8 Å².